The predicted octanol–water partition coefficient (Wildman–Crippen LogP) is 1.56. The van der Waals surface area contributed by atoms with Gasteiger partial charge in [0.1, 0.15) is 29.7 Å². The van der Waals surface area contributed by atoms with Crippen LogP contribution in [0.2, 0.25) is 0 Å². The summed E-state index contributed by atoms with van der Waals surface area (Å²) < 4.78 is 39.5. The van der Waals surface area contributed by atoms with Gasteiger partial charge >= 0.3 is 6.18 Å². The lowest BCUT2D eigenvalue weighted by atomic mass is 9.93. The summed E-state index contributed by atoms with van der Waals surface area (Å²) in [5, 5.41) is 3.81. The van der Waals surface area contributed by atoms with E-state index in [4.69, 9.17) is 0 Å². The van der Waals surface area contributed by atoms with Crippen LogP contribution in [0, 0.1) is 18.8 Å². The Bertz CT molecular complexity index is 811. The molecule has 2 amide bonds. The van der Waals surface area contributed by atoms with Gasteiger partial charge in [-0.25, -0.2) is 15.4 Å². The second-order valence-corrected chi connectivity index (χ2v) is 7.19. The van der Waals surface area contributed by atoms with Gasteiger partial charge in [0.2, 0.25) is 5.91 Å². The van der Waals surface area contributed by atoms with Gasteiger partial charge in [-0.05, 0) is 19.8 Å². The Morgan fingerprint density at radius 3 is 2.71 bits per heavy atom. The number of nitrogens with one attached hydrogen (secondary N) is 1. The average molecular weight is 398 g/mol. The SMILES string of the molecule is Cc1nc(N2C(=O)[C@@H]3CCC[C@@H]3[C@H]2C(=O)N/N=C/N(C)C)cc(C(F)(F)F)n1. The Labute approximate surface area is 159 Å². The van der Waals surface area contributed by atoms with Crippen molar-refractivity contribution >= 4 is 24.0 Å². The fraction of sp³-hybridized carbons (Fsp3) is 0.588. The average Bonchev–Trinajstić information content (AvgIpc) is 3.15. The smallest absolute Gasteiger partial charge is 0.367 e. The molecular formula is C17H21F3N6O2. The summed E-state index contributed by atoms with van der Waals surface area (Å²) in [5.74, 6) is -1.96. The Morgan fingerprint density at radius 1 is 1.36 bits per heavy atom. The van der Waals surface area contributed by atoms with Crippen LogP contribution in [0.3, 0.4) is 0 Å². The van der Waals surface area contributed by atoms with Crippen molar-refractivity contribution in [3.63, 3.8) is 0 Å². The first-order chi connectivity index (χ1) is 13.1. The first kappa shape index (κ1) is 20.0. The number of carbonyl (C=O) groups is 2. The molecule has 1 saturated heterocycles. The second-order valence-electron chi connectivity index (χ2n) is 7.19. The van der Waals surface area contributed by atoms with E-state index in [1.807, 2.05) is 0 Å². The largest absolute Gasteiger partial charge is 0.433 e. The van der Waals surface area contributed by atoms with Crippen molar-refractivity contribution in [2.45, 2.75) is 38.4 Å². The van der Waals surface area contributed by atoms with Crippen LogP contribution < -0.4 is 10.3 Å². The van der Waals surface area contributed by atoms with Crippen LogP contribution in [-0.4, -0.2) is 53.2 Å². The highest BCUT2D eigenvalue weighted by atomic mass is 19.4. The number of fused-ring (bicyclic) bond motifs is 1. The van der Waals surface area contributed by atoms with Crippen molar-refractivity contribution in [3.05, 3.63) is 17.6 Å². The maximum absolute atomic E-state index is 13.2. The second kappa shape index (κ2) is 7.36. The minimum atomic E-state index is -4.69. The maximum atomic E-state index is 13.2. The zero-order valence-corrected chi connectivity index (χ0v) is 15.7. The number of nitrogens with zero attached hydrogens (tertiary/aromatic N) is 5. The van der Waals surface area contributed by atoms with Gasteiger partial charge in [-0.1, -0.05) is 6.42 Å². The van der Waals surface area contributed by atoms with E-state index < -0.39 is 29.7 Å². The fourth-order valence-corrected chi connectivity index (χ4v) is 3.84. The summed E-state index contributed by atoms with van der Waals surface area (Å²) in [7, 11) is 3.44. The van der Waals surface area contributed by atoms with Crippen molar-refractivity contribution in [2.75, 3.05) is 19.0 Å². The third kappa shape index (κ3) is 3.78. The van der Waals surface area contributed by atoms with E-state index in [1.54, 1.807) is 19.0 Å². The summed E-state index contributed by atoms with van der Waals surface area (Å²) >= 11 is 0. The molecule has 0 radical (unpaired) electrons. The molecule has 2 fully saturated rings. The molecule has 1 aromatic heterocycles. The Kier molecular flexibility index (Phi) is 5.26. The number of hydrogen-bond acceptors (Lipinski definition) is 5. The molecular weight excluding hydrogens is 377 g/mol. The minimum Gasteiger partial charge on any atom is -0.367 e. The molecule has 152 valence electrons. The highest BCUT2D eigenvalue weighted by Gasteiger charge is 2.54. The van der Waals surface area contributed by atoms with E-state index in [-0.39, 0.29) is 23.5 Å². The maximum Gasteiger partial charge on any atom is 0.433 e. The fourth-order valence-electron chi connectivity index (χ4n) is 3.84. The molecule has 3 atom stereocenters. The van der Waals surface area contributed by atoms with Crippen molar-refractivity contribution < 1.29 is 22.8 Å². The number of carbonyl (C=O) groups excluding carboxylic acids is 2. The molecule has 3 rings (SSSR count). The van der Waals surface area contributed by atoms with Crippen molar-refractivity contribution in [2.24, 2.45) is 16.9 Å². The van der Waals surface area contributed by atoms with E-state index in [1.165, 1.54) is 13.3 Å². The summed E-state index contributed by atoms with van der Waals surface area (Å²) in [4.78, 5) is 35.8. The number of anilines is 1. The third-order valence-corrected chi connectivity index (χ3v) is 4.90. The standard InChI is InChI=1S/C17H21F3N6O2/c1-9-22-12(17(18,19)20)7-13(23-9)26-14(15(27)24-21-8-25(2)3)10-5-4-6-11(10)16(26)28/h7-8,10-11,14H,4-6H2,1-3H3,(H,24,27)/b21-8+/t10-,11+,14-/m0/s1. The number of hydrogen-bond donors (Lipinski definition) is 1. The zero-order chi connectivity index (χ0) is 20.6. The number of alkyl halides is 3. The van der Waals surface area contributed by atoms with Gasteiger partial charge in [0.05, 0.1) is 0 Å². The summed E-state index contributed by atoms with van der Waals surface area (Å²) in [6.45, 7) is 1.32. The molecule has 0 unspecified atom stereocenters. The number of rotatable bonds is 4. The number of amides is 2. The summed E-state index contributed by atoms with van der Waals surface area (Å²) in [6.07, 6.45) is -1.29. The highest BCUT2D eigenvalue weighted by Crippen LogP contribution is 2.45. The summed E-state index contributed by atoms with van der Waals surface area (Å²) in [5.41, 5.74) is 1.23. The Morgan fingerprint density at radius 2 is 2.07 bits per heavy atom. The Balaban J connectivity index is 1.99. The number of aromatic nitrogens is 2. The molecule has 8 nitrogen and oxygen atoms in total. The van der Waals surface area contributed by atoms with Crippen LogP contribution in [0.15, 0.2) is 11.2 Å². The molecule has 2 heterocycles. The van der Waals surface area contributed by atoms with Gasteiger partial charge in [0.15, 0.2) is 0 Å². The van der Waals surface area contributed by atoms with Crippen molar-refractivity contribution in [3.8, 4) is 0 Å². The van der Waals surface area contributed by atoms with E-state index in [0.29, 0.717) is 12.8 Å². The lowest BCUT2D eigenvalue weighted by molar-refractivity contribution is -0.141. The lowest BCUT2D eigenvalue weighted by Gasteiger charge is -2.26. The molecule has 1 aliphatic carbocycles. The van der Waals surface area contributed by atoms with Crippen LogP contribution in [0.1, 0.15) is 30.8 Å². The molecule has 2 aliphatic rings. The highest BCUT2D eigenvalue weighted by molar-refractivity contribution is 6.05. The normalized spacial score (nSPS) is 24.7. The first-order valence-corrected chi connectivity index (χ1v) is 8.85. The van der Waals surface area contributed by atoms with E-state index in [9.17, 15) is 22.8 Å². The van der Waals surface area contributed by atoms with Gasteiger partial charge in [-0.15, -0.1) is 0 Å². The zero-order valence-electron chi connectivity index (χ0n) is 15.7. The number of aryl methyl sites for hydroxylation is 1. The first-order valence-electron chi connectivity index (χ1n) is 8.85. The van der Waals surface area contributed by atoms with Crippen LogP contribution in [0.5, 0.6) is 0 Å². The molecule has 0 bridgehead atoms. The predicted molar refractivity (Wildman–Crippen MR) is 94.2 cm³/mol. The van der Waals surface area contributed by atoms with Crippen molar-refractivity contribution in [1.82, 2.24) is 20.3 Å². The van der Waals surface area contributed by atoms with Gasteiger partial charge in [-0.2, -0.15) is 18.3 Å². The van der Waals surface area contributed by atoms with Crippen LogP contribution in [0.25, 0.3) is 0 Å². The Hall–Kier alpha value is -2.72. The number of hydrazone groups is 1. The van der Waals surface area contributed by atoms with E-state index in [0.717, 1.165) is 17.4 Å². The molecule has 1 aliphatic heterocycles. The number of halogens is 3. The third-order valence-electron chi connectivity index (χ3n) is 4.90. The monoisotopic (exact) mass is 398 g/mol. The van der Waals surface area contributed by atoms with Gasteiger partial charge in [0.25, 0.3) is 5.91 Å². The topological polar surface area (TPSA) is 90.8 Å². The van der Waals surface area contributed by atoms with Crippen LogP contribution in [-0.2, 0) is 15.8 Å². The van der Waals surface area contributed by atoms with Crippen molar-refractivity contribution in [1.29, 1.82) is 0 Å². The molecule has 1 aromatic rings. The molecule has 11 heteroatoms. The van der Waals surface area contributed by atoms with Crippen LogP contribution >= 0.6 is 0 Å². The quantitative estimate of drug-likeness (QED) is 0.472. The minimum absolute atomic E-state index is 0.125. The van der Waals surface area contributed by atoms with Gasteiger partial charge in [-0.3, -0.25) is 14.5 Å². The molecule has 28 heavy (non-hydrogen) atoms. The molecule has 1 N–H and O–H groups in total. The van der Waals surface area contributed by atoms with E-state index in [2.05, 4.69) is 20.5 Å². The lowest BCUT2D eigenvalue weighted by Crippen LogP contribution is -2.47. The van der Waals surface area contributed by atoms with E-state index >= 15 is 0 Å². The summed E-state index contributed by atoms with van der Waals surface area (Å²) in [6, 6.07) is -0.246. The molecule has 0 spiro atoms. The van der Waals surface area contributed by atoms with Gasteiger partial charge in [0, 0.05) is 32.0 Å². The molecule has 1 saturated carbocycles. The van der Waals surface area contributed by atoms with Gasteiger partial charge < -0.3 is 4.90 Å². The molecule has 0 aromatic carbocycles. The van der Waals surface area contributed by atoms with Crippen LogP contribution in [0.4, 0.5) is 19.0 Å².